The van der Waals surface area contributed by atoms with Gasteiger partial charge in [0.25, 0.3) is 0 Å². The topological polar surface area (TPSA) is 84.1 Å². The van der Waals surface area contributed by atoms with Crippen LogP contribution < -0.4 is 16.0 Å². The van der Waals surface area contributed by atoms with Crippen molar-refractivity contribution in [3.8, 4) is 0 Å². The number of ether oxygens (including phenoxy) is 3. The molecule has 2 aliphatic carbocycles. The van der Waals surface area contributed by atoms with Crippen molar-refractivity contribution in [3.05, 3.63) is 0 Å². The summed E-state index contributed by atoms with van der Waals surface area (Å²) in [6.07, 6.45) is 12.6. The third-order valence-electron chi connectivity index (χ3n) is 8.93. The predicted molar refractivity (Wildman–Crippen MR) is 137 cm³/mol. The first kappa shape index (κ1) is 27.3. The number of methoxy groups -OCH3 is 1. The van der Waals surface area contributed by atoms with Crippen molar-refractivity contribution < 1.29 is 19.0 Å². The number of nitrogens with one attached hydrogen (secondary N) is 3. The summed E-state index contributed by atoms with van der Waals surface area (Å²) in [5.74, 6) is 1.65. The Balaban J connectivity index is 1.03. The van der Waals surface area contributed by atoms with Crippen LogP contribution in [0.25, 0.3) is 0 Å². The smallest absolute Gasteiger partial charge is 0.309 e. The van der Waals surface area contributed by atoms with Gasteiger partial charge in [0.05, 0.1) is 31.3 Å². The number of nitrogens with zero attached hydrogens (tertiary/aromatic N) is 1. The zero-order valence-electron chi connectivity index (χ0n) is 22.1. The van der Waals surface area contributed by atoms with Crippen molar-refractivity contribution in [2.45, 2.75) is 95.7 Å². The van der Waals surface area contributed by atoms with Gasteiger partial charge in [0.2, 0.25) is 0 Å². The summed E-state index contributed by atoms with van der Waals surface area (Å²) in [6, 6.07) is 0.565. The second-order valence-corrected chi connectivity index (χ2v) is 11.2. The Kier molecular flexibility index (Phi) is 11.1. The fourth-order valence-corrected chi connectivity index (χ4v) is 6.56. The molecule has 2 saturated heterocycles. The van der Waals surface area contributed by atoms with Crippen molar-refractivity contribution in [3.63, 3.8) is 0 Å². The SMILES string of the molecule is CCOC(=O)C1CCN(CCOC2CCC(NC3NCC(C4CCC(OC)CC4)CN3)CC2)CC1. The molecule has 2 saturated carbocycles. The first-order chi connectivity index (χ1) is 17.1. The lowest BCUT2D eigenvalue weighted by Crippen LogP contribution is -2.63. The number of carbonyl (C=O) groups is 1. The van der Waals surface area contributed by atoms with Crippen LogP contribution in [0.1, 0.15) is 71.1 Å². The van der Waals surface area contributed by atoms with Crippen LogP contribution >= 0.6 is 0 Å². The molecule has 4 aliphatic rings. The van der Waals surface area contributed by atoms with Crippen molar-refractivity contribution >= 4 is 5.97 Å². The predicted octanol–water partition coefficient (Wildman–Crippen LogP) is 2.48. The molecule has 0 aromatic heterocycles. The van der Waals surface area contributed by atoms with Gasteiger partial charge in [-0.3, -0.25) is 20.7 Å². The molecule has 0 amide bonds. The molecule has 0 unspecified atom stereocenters. The molecule has 2 aliphatic heterocycles. The number of carbonyl (C=O) groups excluding carboxylic acids is 1. The number of esters is 1. The van der Waals surface area contributed by atoms with E-state index < -0.39 is 0 Å². The Bertz CT molecular complexity index is 606. The van der Waals surface area contributed by atoms with E-state index in [4.69, 9.17) is 14.2 Å². The normalized spacial score (nSPS) is 35.6. The molecular formula is C27H50N4O4. The highest BCUT2D eigenvalue weighted by atomic mass is 16.5. The molecule has 0 bridgehead atoms. The molecular weight excluding hydrogens is 444 g/mol. The van der Waals surface area contributed by atoms with E-state index in [2.05, 4.69) is 20.9 Å². The van der Waals surface area contributed by atoms with Gasteiger partial charge < -0.3 is 19.1 Å². The summed E-state index contributed by atoms with van der Waals surface area (Å²) < 4.78 is 16.9. The lowest BCUT2D eigenvalue weighted by molar-refractivity contribution is -0.149. The maximum absolute atomic E-state index is 11.9. The molecule has 0 spiro atoms. The molecule has 0 atom stereocenters. The van der Waals surface area contributed by atoms with Gasteiger partial charge in [-0.15, -0.1) is 0 Å². The molecule has 4 rings (SSSR count). The van der Waals surface area contributed by atoms with Crippen LogP contribution in [-0.4, -0.2) is 88.5 Å². The summed E-state index contributed by atoms with van der Waals surface area (Å²) in [5.41, 5.74) is 0. The monoisotopic (exact) mass is 494 g/mol. The highest BCUT2D eigenvalue weighted by Gasteiger charge is 2.32. The van der Waals surface area contributed by atoms with Gasteiger partial charge in [-0.1, -0.05) is 0 Å². The lowest BCUT2D eigenvalue weighted by Gasteiger charge is -2.40. The Hall–Kier alpha value is -0.770. The first-order valence-electron chi connectivity index (χ1n) is 14.4. The van der Waals surface area contributed by atoms with Gasteiger partial charge in [-0.25, -0.2) is 0 Å². The molecule has 8 nitrogen and oxygen atoms in total. The minimum atomic E-state index is -0.0166. The van der Waals surface area contributed by atoms with Gasteiger partial charge in [-0.2, -0.15) is 0 Å². The summed E-state index contributed by atoms with van der Waals surface area (Å²) in [5, 5.41) is 11.2. The maximum atomic E-state index is 11.9. The highest BCUT2D eigenvalue weighted by Crippen LogP contribution is 2.32. The second kappa shape index (κ2) is 14.2. The minimum absolute atomic E-state index is 0.0166. The average Bonchev–Trinajstić information content (AvgIpc) is 2.91. The van der Waals surface area contributed by atoms with Crippen LogP contribution in [0.2, 0.25) is 0 Å². The van der Waals surface area contributed by atoms with Crippen molar-refractivity contribution in [1.82, 2.24) is 20.9 Å². The maximum Gasteiger partial charge on any atom is 0.309 e. The zero-order valence-corrected chi connectivity index (χ0v) is 22.1. The molecule has 202 valence electrons. The summed E-state index contributed by atoms with van der Waals surface area (Å²) in [4.78, 5) is 14.3. The van der Waals surface area contributed by atoms with Crippen molar-refractivity contribution in [2.24, 2.45) is 17.8 Å². The molecule has 0 aromatic carbocycles. The minimum Gasteiger partial charge on any atom is -0.466 e. The third-order valence-corrected chi connectivity index (χ3v) is 8.93. The molecule has 0 radical (unpaired) electrons. The average molecular weight is 495 g/mol. The van der Waals surface area contributed by atoms with Gasteiger partial charge in [0.1, 0.15) is 6.29 Å². The Morgan fingerprint density at radius 2 is 1.54 bits per heavy atom. The quantitative estimate of drug-likeness (QED) is 0.400. The second-order valence-electron chi connectivity index (χ2n) is 11.2. The van der Waals surface area contributed by atoms with Gasteiger partial charge in [0, 0.05) is 32.8 Å². The van der Waals surface area contributed by atoms with Crippen LogP contribution in [-0.2, 0) is 19.0 Å². The fraction of sp³-hybridized carbons (Fsp3) is 0.963. The van der Waals surface area contributed by atoms with Gasteiger partial charge in [-0.05, 0) is 96.1 Å². The standard InChI is InChI=1S/C27H50N4O4/c1-3-34-26(32)21-12-14-31(15-13-21)16-17-35-25-10-6-23(7-11-25)30-27-28-18-22(19-29-27)20-4-8-24(33-2)9-5-20/h20-25,27-30H,3-19H2,1-2H3. The lowest BCUT2D eigenvalue weighted by atomic mass is 9.78. The van der Waals surface area contributed by atoms with Crippen LogP contribution in [0.3, 0.4) is 0 Å². The van der Waals surface area contributed by atoms with E-state index in [1.54, 1.807) is 0 Å². The van der Waals surface area contributed by atoms with E-state index in [0.717, 1.165) is 76.8 Å². The Morgan fingerprint density at radius 1 is 0.886 bits per heavy atom. The van der Waals surface area contributed by atoms with E-state index in [1.165, 1.54) is 38.5 Å². The van der Waals surface area contributed by atoms with E-state index in [-0.39, 0.29) is 18.2 Å². The van der Waals surface area contributed by atoms with E-state index in [9.17, 15) is 4.79 Å². The molecule has 2 heterocycles. The summed E-state index contributed by atoms with van der Waals surface area (Å²) in [6.45, 7) is 8.30. The summed E-state index contributed by atoms with van der Waals surface area (Å²) in [7, 11) is 1.85. The summed E-state index contributed by atoms with van der Waals surface area (Å²) >= 11 is 0. The van der Waals surface area contributed by atoms with Crippen molar-refractivity contribution in [2.75, 3.05) is 53.0 Å². The Labute approximate surface area is 212 Å². The Morgan fingerprint density at radius 3 is 2.17 bits per heavy atom. The number of piperidine rings is 1. The fourth-order valence-electron chi connectivity index (χ4n) is 6.56. The number of hydrogen-bond acceptors (Lipinski definition) is 8. The third kappa shape index (κ3) is 8.37. The van der Waals surface area contributed by atoms with E-state index in [1.807, 2.05) is 14.0 Å². The van der Waals surface area contributed by atoms with Crippen LogP contribution in [0.15, 0.2) is 0 Å². The molecule has 4 fully saturated rings. The zero-order chi connectivity index (χ0) is 24.5. The number of rotatable bonds is 10. The molecule has 3 N–H and O–H groups in total. The van der Waals surface area contributed by atoms with Gasteiger partial charge >= 0.3 is 5.97 Å². The largest absolute Gasteiger partial charge is 0.466 e. The molecule has 0 aromatic rings. The molecule has 35 heavy (non-hydrogen) atoms. The first-order valence-corrected chi connectivity index (χ1v) is 14.4. The highest BCUT2D eigenvalue weighted by molar-refractivity contribution is 5.72. The van der Waals surface area contributed by atoms with Gasteiger partial charge in [0.15, 0.2) is 0 Å². The van der Waals surface area contributed by atoms with Crippen LogP contribution in [0.4, 0.5) is 0 Å². The number of hydrogen-bond donors (Lipinski definition) is 3. The number of likely N-dealkylation sites (tertiary alicyclic amines) is 1. The van der Waals surface area contributed by atoms with Crippen LogP contribution in [0.5, 0.6) is 0 Å². The van der Waals surface area contributed by atoms with Crippen molar-refractivity contribution in [1.29, 1.82) is 0 Å². The molecule has 8 heteroatoms. The van der Waals surface area contributed by atoms with Crippen LogP contribution in [0, 0.1) is 17.8 Å². The van der Waals surface area contributed by atoms with E-state index in [0.29, 0.717) is 24.9 Å². The van der Waals surface area contributed by atoms with E-state index >= 15 is 0 Å².